The number of carbonyl (C=O) groups is 1. The van der Waals surface area contributed by atoms with Crippen molar-refractivity contribution in [1.29, 1.82) is 0 Å². The first-order valence-electron chi connectivity index (χ1n) is 8.23. The highest BCUT2D eigenvalue weighted by Crippen LogP contribution is 2.29. The van der Waals surface area contributed by atoms with Gasteiger partial charge in [0.05, 0.1) is 11.8 Å². The Labute approximate surface area is 145 Å². The van der Waals surface area contributed by atoms with Crippen LogP contribution in [0.3, 0.4) is 0 Å². The second kappa shape index (κ2) is 8.32. The summed E-state index contributed by atoms with van der Waals surface area (Å²) in [6.07, 6.45) is 5.21. The molecule has 2 aromatic rings. The molecular formula is C17H22N4O2S. The summed E-state index contributed by atoms with van der Waals surface area (Å²) in [6, 6.07) is 5.64. The van der Waals surface area contributed by atoms with Crippen molar-refractivity contribution in [3.8, 4) is 0 Å². The molecule has 0 spiro atoms. The predicted octanol–water partition coefficient (Wildman–Crippen LogP) is 2.31. The van der Waals surface area contributed by atoms with Gasteiger partial charge in [-0.3, -0.25) is 9.78 Å². The zero-order chi connectivity index (χ0) is 16.8. The third-order valence-electron chi connectivity index (χ3n) is 4.40. The van der Waals surface area contributed by atoms with E-state index in [4.69, 9.17) is 0 Å². The monoisotopic (exact) mass is 346 g/mol. The summed E-state index contributed by atoms with van der Waals surface area (Å²) in [5.74, 6) is 0.237. The molecule has 1 saturated heterocycles. The van der Waals surface area contributed by atoms with E-state index >= 15 is 0 Å². The highest BCUT2D eigenvalue weighted by Gasteiger charge is 2.26. The minimum atomic E-state index is -0.499. The van der Waals surface area contributed by atoms with Crippen molar-refractivity contribution in [3.05, 3.63) is 41.7 Å². The fourth-order valence-electron chi connectivity index (χ4n) is 3.01. The molecule has 24 heavy (non-hydrogen) atoms. The Morgan fingerprint density at radius 2 is 2.17 bits per heavy atom. The van der Waals surface area contributed by atoms with Crippen molar-refractivity contribution in [3.63, 3.8) is 0 Å². The average Bonchev–Trinajstić information content (AvgIpc) is 3.13. The van der Waals surface area contributed by atoms with E-state index in [0.717, 1.165) is 38.2 Å². The molecule has 3 rings (SSSR count). The third kappa shape index (κ3) is 4.59. The van der Waals surface area contributed by atoms with E-state index in [2.05, 4.69) is 20.2 Å². The number of pyridine rings is 1. The fourth-order valence-corrected chi connectivity index (χ4v) is 3.56. The first kappa shape index (κ1) is 17.0. The summed E-state index contributed by atoms with van der Waals surface area (Å²) in [5, 5.41) is 15.7. The van der Waals surface area contributed by atoms with Gasteiger partial charge >= 0.3 is 0 Å². The van der Waals surface area contributed by atoms with E-state index in [0.29, 0.717) is 11.6 Å². The van der Waals surface area contributed by atoms with Crippen LogP contribution in [-0.4, -0.2) is 45.5 Å². The maximum Gasteiger partial charge on any atom is 0.227 e. The maximum absolute atomic E-state index is 11.9. The van der Waals surface area contributed by atoms with Gasteiger partial charge in [-0.15, -0.1) is 11.3 Å². The van der Waals surface area contributed by atoms with Crippen LogP contribution in [0.5, 0.6) is 0 Å². The van der Waals surface area contributed by atoms with E-state index in [1.54, 1.807) is 12.4 Å². The van der Waals surface area contributed by atoms with Crippen LogP contribution >= 0.6 is 11.3 Å². The lowest BCUT2D eigenvalue weighted by atomic mass is 9.89. The quantitative estimate of drug-likeness (QED) is 0.839. The molecular weight excluding hydrogens is 324 g/mol. The lowest BCUT2D eigenvalue weighted by molar-refractivity contribution is -0.116. The number of hydrogen-bond donors (Lipinski definition) is 2. The summed E-state index contributed by atoms with van der Waals surface area (Å²) in [6.45, 7) is 2.54. The lowest BCUT2D eigenvalue weighted by Crippen LogP contribution is -2.37. The van der Waals surface area contributed by atoms with Crippen LogP contribution in [0.1, 0.15) is 31.1 Å². The summed E-state index contributed by atoms with van der Waals surface area (Å²) in [7, 11) is 0. The standard InChI is InChI=1S/C17H22N4O2S/c22-15(20-17-19-8-12-24-17)6-11-21-9-4-13(5-10-21)16(23)14-3-1-2-7-18-14/h1-3,7-8,12-13,16,23H,4-6,9-11H2,(H,19,20,22). The summed E-state index contributed by atoms with van der Waals surface area (Å²) < 4.78 is 0. The van der Waals surface area contributed by atoms with Gasteiger partial charge in [-0.05, 0) is 44.0 Å². The lowest BCUT2D eigenvalue weighted by Gasteiger charge is -2.33. The normalized spacial score (nSPS) is 17.5. The predicted molar refractivity (Wildman–Crippen MR) is 93.7 cm³/mol. The number of rotatable bonds is 6. The number of nitrogens with zero attached hydrogens (tertiary/aromatic N) is 3. The molecule has 0 aromatic carbocycles. The van der Waals surface area contributed by atoms with Crippen molar-refractivity contribution < 1.29 is 9.90 Å². The minimum absolute atomic E-state index is 0.000550. The third-order valence-corrected chi connectivity index (χ3v) is 5.09. The molecule has 6 nitrogen and oxygen atoms in total. The van der Waals surface area contributed by atoms with E-state index < -0.39 is 6.10 Å². The SMILES string of the molecule is O=C(CCN1CCC(C(O)c2ccccn2)CC1)Nc1nccs1. The van der Waals surface area contributed by atoms with Gasteiger partial charge in [0.25, 0.3) is 0 Å². The average molecular weight is 346 g/mol. The number of hydrogen-bond acceptors (Lipinski definition) is 6. The zero-order valence-electron chi connectivity index (χ0n) is 13.5. The van der Waals surface area contributed by atoms with Crippen LogP contribution < -0.4 is 5.32 Å². The molecule has 3 heterocycles. The molecule has 2 N–H and O–H groups in total. The summed E-state index contributed by atoms with van der Waals surface area (Å²) >= 11 is 1.42. The first-order valence-corrected chi connectivity index (χ1v) is 9.11. The Kier molecular flexibility index (Phi) is 5.90. The van der Waals surface area contributed by atoms with E-state index in [1.165, 1.54) is 11.3 Å². The van der Waals surface area contributed by atoms with Crippen LogP contribution in [0, 0.1) is 5.92 Å². The van der Waals surface area contributed by atoms with Gasteiger partial charge < -0.3 is 15.3 Å². The van der Waals surface area contributed by atoms with Crippen LogP contribution in [-0.2, 0) is 4.79 Å². The van der Waals surface area contributed by atoms with Gasteiger partial charge in [-0.25, -0.2) is 4.98 Å². The molecule has 0 radical (unpaired) electrons. The largest absolute Gasteiger partial charge is 0.387 e. The minimum Gasteiger partial charge on any atom is -0.387 e. The Balaban J connectivity index is 1.40. The van der Waals surface area contributed by atoms with Crippen molar-refractivity contribution in [2.24, 2.45) is 5.92 Å². The number of aliphatic hydroxyl groups excluding tert-OH is 1. The summed E-state index contributed by atoms with van der Waals surface area (Å²) in [4.78, 5) is 22.5. The van der Waals surface area contributed by atoms with Crippen molar-refractivity contribution in [1.82, 2.24) is 14.9 Å². The molecule has 1 aliphatic rings. The number of aromatic nitrogens is 2. The smallest absolute Gasteiger partial charge is 0.227 e. The Morgan fingerprint density at radius 1 is 1.33 bits per heavy atom. The highest BCUT2D eigenvalue weighted by atomic mass is 32.1. The molecule has 128 valence electrons. The number of amides is 1. The molecule has 2 aromatic heterocycles. The van der Waals surface area contributed by atoms with Crippen LogP contribution in [0.2, 0.25) is 0 Å². The molecule has 1 amide bonds. The van der Waals surface area contributed by atoms with E-state index in [9.17, 15) is 9.90 Å². The van der Waals surface area contributed by atoms with Gasteiger partial charge in [0.1, 0.15) is 0 Å². The van der Waals surface area contributed by atoms with Gasteiger partial charge in [0.2, 0.25) is 5.91 Å². The topological polar surface area (TPSA) is 78.4 Å². The van der Waals surface area contributed by atoms with Gasteiger partial charge in [0, 0.05) is 30.7 Å². The van der Waals surface area contributed by atoms with Crippen LogP contribution in [0.4, 0.5) is 5.13 Å². The highest BCUT2D eigenvalue weighted by molar-refractivity contribution is 7.13. The number of thiazole rings is 1. The number of likely N-dealkylation sites (tertiary alicyclic amines) is 1. The first-order chi connectivity index (χ1) is 11.7. The Morgan fingerprint density at radius 3 is 2.83 bits per heavy atom. The number of nitrogens with one attached hydrogen (secondary N) is 1. The van der Waals surface area contributed by atoms with Crippen molar-refractivity contribution in [2.45, 2.75) is 25.4 Å². The van der Waals surface area contributed by atoms with Crippen molar-refractivity contribution >= 4 is 22.4 Å². The fraction of sp³-hybridized carbons (Fsp3) is 0.471. The molecule has 7 heteroatoms. The molecule has 0 bridgehead atoms. The Bertz CT molecular complexity index is 627. The molecule has 1 aliphatic heterocycles. The zero-order valence-corrected chi connectivity index (χ0v) is 14.3. The molecule has 0 saturated carbocycles. The van der Waals surface area contributed by atoms with Crippen LogP contribution in [0.15, 0.2) is 36.0 Å². The number of piperidine rings is 1. The molecule has 1 fully saturated rings. The maximum atomic E-state index is 11.9. The molecule has 0 aliphatic carbocycles. The van der Waals surface area contributed by atoms with Crippen LogP contribution in [0.25, 0.3) is 0 Å². The van der Waals surface area contributed by atoms with E-state index in [-0.39, 0.29) is 11.8 Å². The number of aliphatic hydroxyl groups is 1. The summed E-state index contributed by atoms with van der Waals surface area (Å²) in [5.41, 5.74) is 0.749. The second-order valence-corrected chi connectivity index (χ2v) is 6.91. The Hall–Kier alpha value is -1.83. The molecule has 1 atom stereocenters. The van der Waals surface area contributed by atoms with Gasteiger partial charge in [0.15, 0.2) is 5.13 Å². The second-order valence-electron chi connectivity index (χ2n) is 6.01. The molecule has 1 unspecified atom stereocenters. The number of anilines is 1. The van der Waals surface area contributed by atoms with Gasteiger partial charge in [-0.2, -0.15) is 0 Å². The van der Waals surface area contributed by atoms with Gasteiger partial charge in [-0.1, -0.05) is 6.07 Å². The number of carbonyl (C=O) groups excluding carboxylic acids is 1. The van der Waals surface area contributed by atoms with E-state index in [1.807, 2.05) is 23.6 Å². The van der Waals surface area contributed by atoms with Crippen molar-refractivity contribution in [2.75, 3.05) is 25.0 Å².